The summed E-state index contributed by atoms with van der Waals surface area (Å²) in [4.78, 5) is 4.48. The minimum Gasteiger partial charge on any atom is -0.443 e. The molecule has 0 amide bonds. The highest BCUT2D eigenvalue weighted by atomic mass is 16.3. The van der Waals surface area contributed by atoms with E-state index in [1.54, 1.807) is 0 Å². The zero-order valence-corrected chi connectivity index (χ0v) is 15.7. The number of rotatable bonds is 2. The summed E-state index contributed by atoms with van der Waals surface area (Å²) >= 11 is 0. The van der Waals surface area contributed by atoms with Gasteiger partial charge in [-0.1, -0.05) is 78.9 Å². The van der Waals surface area contributed by atoms with Crippen molar-refractivity contribution in [3.8, 4) is 22.3 Å². The summed E-state index contributed by atoms with van der Waals surface area (Å²) in [5.74, 6) is 0. The predicted molar refractivity (Wildman–Crippen MR) is 120 cm³/mol. The van der Waals surface area contributed by atoms with E-state index in [-0.39, 0.29) is 0 Å². The van der Waals surface area contributed by atoms with Gasteiger partial charge in [0, 0.05) is 5.56 Å². The average molecular weight is 371 g/mol. The van der Waals surface area contributed by atoms with E-state index in [0.29, 0.717) is 0 Å². The fraction of sp³-hybridized carbons (Fsp3) is 0. The van der Waals surface area contributed by atoms with Crippen molar-refractivity contribution < 1.29 is 4.42 Å². The molecule has 0 saturated carbocycles. The molecule has 136 valence electrons. The van der Waals surface area contributed by atoms with Crippen LogP contribution in [0.15, 0.2) is 108 Å². The summed E-state index contributed by atoms with van der Waals surface area (Å²) in [6.07, 6.45) is 1.53. The molecule has 5 aromatic carbocycles. The molecule has 2 nitrogen and oxygen atoms in total. The van der Waals surface area contributed by atoms with Gasteiger partial charge in [-0.2, -0.15) is 0 Å². The molecule has 6 rings (SSSR count). The molecule has 2 heteroatoms. The SMILES string of the molecule is c1ccc(-c2cc(-c3cc4ccccc4c4ccccc34)cc3ocnc23)cc1. The van der Waals surface area contributed by atoms with Gasteiger partial charge in [0.05, 0.1) is 0 Å². The Morgan fingerprint density at radius 2 is 1.28 bits per heavy atom. The lowest BCUT2D eigenvalue weighted by atomic mass is 9.91. The molecule has 0 atom stereocenters. The Labute approximate surface area is 168 Å². The molecule has 0 fully saturated rings. The van der Waals surface area contributed by atoms with Crippen molar-refractivity contribution in [2.45, 2.75) is 0 Å². The van der Waals surface area contributed by atoms with Crippen LogP contribution in [0.3, 0.4) is 0 Å². The number of oxazole rings is 1. The molecule has 6 aromatic rings. The van der Waals surface area contributed by atoms with Crippen molar-refractivity contribution in [3.05, 3.63) is 103 Å². The largest absolute Gasteiger partial charge is 0.443 e. The summed E-state index contributed by atoms with van der Waals surface area (Å²) in [5, 5.41) is 5.01. The van der Waals surface area contributed by atoms with E-state index in [1.165, 1.54) is 33.5 Å². The number of nitrogens with zero attached hydrogens (tertiary/aromatic N) is 1. The van der Waals surface area contributed by atoms with E-state index in [4.69, 9.17) is 4.42 Å². The fourth-order valence-electron chi connectivity index (χ4n) is 4.25. The maximum Gasteiger partial charge on any atom is 0.182 e. The minimum atomic E-state index is 0.804. The normalized spacial score (nSPS) is 11.4. The van der Waals surface area contributed by atoms with Crippen molar-refractivity contribution in [3.63, 3.8) is 0 Å². The van der Waals surface area contributed by atoms with Gasteiger partial charge >= 0.3 is 0 Å². The average Bonchev–Trinajstić information content (AvgIpc) is 3.27. The molecule has 0 N–H and O–H groups in total. The van der Waals surface area contributed by atoms with Crippen LogP contribution in [0.1, 0.15) is 0 Å². The fourth-order valence-corrected chi connectivity index (χ4v) is 4.25. The van der Waals surface area contributed by atoms with Crippen LogP contribution in [0.25, 0.3) is 54.9 Å². The summed E-state index contributed by atoms with van der Waals surface area (Å²) < 4.78 is 5.73. The maximum absolute atomic E-state index is 5.73. The van der Waals surface area contributed by atoms with Crippen LogP contribution in [-0.4, -0.2) is 4.98 Å². The monoisotopic (exact) mass is 371 g/mol. The standard InChI is InChI=1S/C27H17NO/c1-2-8-18(9-3-1)25-15-20(16-26-27(25)28-17-29-26)24-14-19-10-4-5-11-21(19)22-12-6-7-13-23(22)24/h1-17H. The quantitative estimate of drug-likeness (QED) is 0.295. The smallest absolute Gasteiger partial charge is 0.182 e. The van der Waals surface area contributed by atoms with Crippen LogP contribution in [0.2, 0.25) is 0 Å². The van der Waals surface area contributed by atoms with Gasteiger partial charge in [0.15, 0.2) is 12.0 Å². The van der Waals surface area contributed by atoms with Gasteiger partial charge in [-0.3, -0.25) is 0 Å². The highest BCUT2D eigenvalue weighted by Gasteiger charge is 2.14. The third-order valence-electron chi connectivity index (χ3n) is 5.60. The molecule has 0 aliphatic carbocycles. The van der Waals surface area contributed by atoms with Crippen molar-refractivity contribution >= 4 is 32.6 Å². The molecule has 0 bridgehead atoms. The van der Waals surface area contributed by atoms with Crippen molar-refractivity contribution in [2.75, 3.05) is 0 Å². The third kappa shape index (κ3) is 2.54. The van der Waals surface area contributed by atoms with Crippen LogP contribution >= 0.6 is 0 Å². The third-order valence-corrected chi connectivity index (χ3v) is 5.60. The Kier molecular flexibility index (Phi) is 3.50. The zero-order chi connectivity index (χ0) is 19.2. The molecule has 0 aliphatic heterocycles. The first-order chi connectivity index (χ1) is 14.4. The highest BCUT2D eigenvalue weighted by Crippen LogP contribution is 2.38. The minimum absolute atomic E-state index is 0.804. The Morgan fingerprint density at radius 1 is 0.552 bits per heavy atom. The van der Waals surface area contributed by atoms with Crippen molar-refractivity contribution in [1.29, 1.82) is 0 Å². The van der Waals surface area contributed by atoms with E-state index in [1.807, 2.05) is 6.07 Å². The molecule has 0 unspecified atom stereocenters. The molecular formula is C27H17NO. The van der Waals surface area contributed by atoms with Crippen LogP contribution in [0, 0.1) is 0 Å². The van der Waals surface area contributed by atoms with Gasteiger partial charge < -0.3 is 4.42 Å². The van der Waals surface area contributed by atoms with E-state index in [9.17, 15) is 0 Å². The Hall–Kier alpha value is -3.91. The van der Waals surface area contributed by atoms with Crippen LogP contribution in [0.5, 0.6) is 0 Å². The lowest BCUT2D eigenvalue weighted by Crippen LogP contribution is -1.87. The van der Waals surface area contributed by atoms with Gasteiger partial charge in [0.1, 0.15) is 5.52 Å². The second-order valence-corrected chi connectivity index (χ2v) is 7.28. The molecule has 1 heterocycles. The van der Waals surface area contributed by atoms with Gasteiger partial charge in [-0.05, 0) is 56.4 Å². The summed E-state index contributed by atoms with van der Waals surface area (Å²) in [5.41, 5.74) is 6.26. The van der Waals surface area contributed by atoms with Crippen LogP contribution in [-0.2, 0) is 0 Å². The molecule has 0 saturated heterocycles. The lowest BCUT2D eigenvalue weighted by molar-refractivity contribution is 0.602. The molecule has 0 spiro atoms. The van der Waals surface area contributed by atoms with Gasteiger partial charge in [-0.25, -0.2) is 4.98 Å². The van der Waals surface area contributed by atoms with E-state index < -0.39 is 0 Å². The summed E-state index contributed by atoms with van der Waals surface area (Å²) in [6, 6.07) is 34.2. The van der Waals surface area contributed by atoms with Crippen LogP contribution in [0.4, 0.5) is 0 Å². The first kappa shape index (κ1) is 16.1. The van der Waals surface area contributed by atoms with E-state index >= 15 is 0 Å². The molecular weight excluding hydrogens is 354 g/mol. The number of hydrogen-bond donors (Lipinski definition) is 0. The number of benzene rings is 5. The second-order valence-electron chi connectivity index (χ2n) is 7.28. The first-order valence-corrected chi connectivity index (χ1v) is 9.72. The Morgan fingerprint density at radius 3 is 2.14 bits per heavy atom. The van der Waals surface area contributed by atoms with Gasteiger partial charge in [0.2, 0.25) is 0 Å². The van der Waals surface area contributed by atoms with E-state index in [0.717, 1.165) is 27.8 Å². The lowest BCUT2D eigenvalue weighted by Gasteiger charge is -2.12. The Bertz CT molecular complexity index is 1500. The van der Waals surface area contributed by atoms with Crippen LogP contribution < -0.4 is 0 Å². The summed E-state index contributed by atoms with van der Waals surface area (Å²) in [7, 11) is 0. The number of fused-ring (bicyclic) bond motifs is 4. The number of aromatic nitrogens is 1. The zero-order valence-electron chi connectivity index (χ0n) is 15.7. The highest BCUT2D eigenvalue weighted by molar-refractivity contribution is 6.14. The van der Waals surface area contributed by atoms with Crippen molar-refractivity contribution in [2.24, 2.45) is 0 Å². The predicted octanol–water partition coefficient (Wildman–Crippen LogP) is 7.47. The van der Waals surface area contributed by atoms with Gasteiger partial charge in [0.25, 0.3) is 0 Å². The molecule has 0 aliphatic rings. The molecule has 0 radical (unpaired) electrons. The molecule has 29 heavy (non-hydrogen) atoms. The van der Waals surface area contributed by atoms with Gasteiger partial charge in [-0.15, -0.1) is 0 Å². The van der Waals surface area contributed by atoms with E-state index in [2.05, 4.69) is 96.0 Å². The number of hydrogen-bond acceptors (Lipinski definition) is 2. The first-order valence-electron chi connectivity index (χ1n) is 9.72. The Balaban J connectivity index is 1.72. The molecule has 1 aromatic heterocycles. The second kappa shape index (κ2) is 6.32. The summed E-state index contributed by atoms with van der Waals surface area (Å²) in [6.45, 7) is 0. The maximum atomic E-state index is 5.73. The van der Waals surface area contributed by atoms with Crippen molar-refractivity contribution in [1.82, 2.24) is 4.98 Å². The topological polar surface area (TPSA) is 26.0 Å².